The summed E-state index contributed by atoms with van der Waals surface area (Å²) in [6.07, 6.45) is 0. The normalized spacial score (nSPS) is 14.8. The minimum Gasteiger partial charge on any atom is -0.383 e. The van der Waals surface area contributed by atoms with Crippen LogP contribution in [0.3, 0.4) is 0 Å². The average Bonchev–Trinajstić information content (AvgIpc) is 2.31. The van der Waals surface area contributed by atoms with Crippen molar-refractivity contribution in [3.63, 3.8) is 0 Å². The number of hydrogen-bond donors (Lipinski definition) is 1. The third kappa shape index (κ3) is 9.70. The van der Waals surface area contributed by atoms with Crippen molar-refractivity contribution in [2.45, 2.75) is 53.1 Å². The largest absolute Gasteiger partial charge is 0.383 e. The Morgan fingerprint density at radius 2 is 1.65 bits per heavy atom. The first-order valence-corrected chi connectivity index (χ1v) is 7.58. The van der Waals surface area contributed by atoms with Crippen LogP contribution in [-0.4, -0.2) is 63.5 Å². The molecule has 0 saturated heterocycles. The first kappa shape index (κ1) is 19.8. The molecule has 1 atom stereocenters. The van der Waals surface area contributed by atoms with Crippen molar-refractivity contribution in [1.82, 2.24) is 10.2 Å². The molecule has 0 aliphatic rings. The lowest BCUT2D eigenvalue weighted by Gasteiger charge is -2.38. The summed E-state index contributed by atoms with van der Waals surface area (Å²) in [7, 11) is 3.52. The van der Waals surface area contributed by atoms with Crippen molar-refractivity contribution in [3.05, 3.63) is 0 Å². The van der Waals surface area contributed by atoms with Gasteiger partial charge >= 0.3 is 0 Å². The van der Waals surface area contributed by atoms with Crippen molar-refractivity contribution in [3.8, 4) is 0 Å². The molecular formula is C16H36N2O2. The van der Waals surface area contributed by atoms with E-state index in [1.54, 1.807) is 14.2 Å². The summed E-state index contributed by atoms with van der Waals surface area (Å²) in [5, 5.41) is 3.61. The van der Waals surface area contributed by atoms with Gasteiger partial charge in [-0.05, 0) is 33.1 Å². The lowest BCUT2D eigenvalue weighted by atomic mass is 9.90. The standard InChI is InChI=1S/C16H36N2O2/c1-14(11-20-8)18(9-10-19-7)13-16(5,6)12-17-15(2,3)4/h14,17H,9-13H2,1-8H3. The second kappa shape index (κ2) is 8.98. The number of nitrogens with zero attached hydrogens (tertiary/aromatic N) is 1. The molecule has 0 aromatic heterocycles. The summed E-state index contributed by atoms with van der Waals surface area (Å²) in [4.78, 5) is 2.46. The Kier molecular flexibility index (Phi) is 8.91. The number of hydrogen-bond acceptors (Lipinski definition) is 4. The van der Waals surface area contributed by atoms with Gasteiger partial charge in [-0.1, -0.05) is 13.8 Å². The van der Waals surface area contributed by atoms with E-state index in [1.807, 2.05) is 0 Å². The molecule has 0 fully saturated rings. The number of rotatable bonds is 10. The van der Waals surface area contributed by atoms with E-state index in [0.717, 1.165) is 32.8 Å². The molecule has 0 aliphatic heterocycles. The number of methoxy groups -OCH3 is 2. The highest BCUT2D eigenvalue weighted by Gasteiger charge is 2.26. The van der Waals surface area contributed by atoms with E-state index in [2.05, 4.69) is 51.8 Å². The zero-order valence-electron chi connectivity index (χ0n) is 14.9. The van der Waals surface area contributed by atoms with Gasteiger partial charge in [0, 0.05) is 45.4 Å². The van der Waals surface area contributed by atoms with Crippen LogP contribution in [0, 0.1) is 5.41 Å². The molecule has 4 heteroatoms. The summed E-state index contributed by atoms with van der Waals surface area (Å²) in [5.41, 5.74) is 0.371. The van der Waals surface area contributed by atoms with E-state index in [-0.39, 0.29) is 11.0 Å². The van der Waals surface area contributed by atoms with Crippen LogP contribution in [0.15, 0.2) is 0 Å². The van der Waals surface area contributed by atoms with Crippen LogP contribution in [0.2, 0.25) is 0 Å². The van der Waals surface area contributed by atoms with Gasteiger partial charge in [-0.3, -0.25) is 4.90 Å². The summed E-state index contributed by atoms with van der Waals surface area (Å²) in [6, 6.07) is 0.407. The van der Waals surface area contributed by atoms with E-state index in [0.29, 0.717) is 6.04 Å². The van der Waals surface area contributed by atoms with Crippen LogP contribution in [0.5, 0.6) is 0 Å². The second-order valence-corrected chi connectivity index (χ2v) is 7.54. The Bertz CT molecular complexity index is 249. The number of ether oxygens (including phenoxy) is 2. The molecule has 0 aliphatic carbocycles. The highest BCUT2D eigenvalue weighted by molar-refractivity contribution is 4.82. The second-order valence-electron chi connectivity index (χ2n) is 7.54. The molecule has 4 nitrogen and oxygen atoms in total. The molecule has 0 saturated carbocycles. The quantitative estimate of drug-likeness (QED) is 0.669. The maximum atomic E-state index is 5.30. The van der Waals surface area contributed by atoms with E-state index >= 15 is 0 Å². The van der Waals surface area contributed by atoms with Crippen molar-refractivity contribution in [1.29, 1.82) is 0 Å². The molecule has 0 rings (SSSR count). The minimum absolute atomic E-state index is 0.159. The molecule has 0 bridgehead atoms. The maximum Gasteiger partial charge on any atom is 0.0615 e. The smallest absolute Gasteiger partial charge is 0.0615 e. The van der Waals surface area contributed by atoms with Gasteiger partial charge in [-0.25, -0.2) is 0 Å². The van der Waals surface area contributed by atoms with Gasteiger partial charge in [0.15, 0.2) is 0 Å². The zero-order valence-corrected chi connectivity index (χ0v) is 14.9. The predicted molar refractivity (Wildman–Crippen MR) is 86.3 cm³/mol. The topological polar surface area (TPSA) is 33.7 Å². The number of nitrogens with one attached hydrogen (secondary N) is 1. The molecular weight excluding hydrogens is 252 g/mol. The van der Waals surface area contributed by atoms with E-state index in [4.69, 9.17) is 9.47 Å². The van der Waals surface area contributed by atoms with Gasteiger partial charge in [-0.2, -0.15) is 0 Å². The average molecular weight is 288 g/mol. The fourth-order valence-corrected chi connectivity index (χ4v) is 2.12. The molecule has 1 N–H and O–H groups in total. The summed E-state index contributed by atoms with van der Waals surface area (Å²) >= 11 is 0. The van der Waals surface area contributed by atoms with Crippen LogP contribution in [-0.2, 0) is 9.47 Å². The molecule has 0 aromatic carbocycles. The SMILES string of the molecule is COCCN(CC(C)(C)CNC(C)(C)C)C(C)COC. The van der Waals surface area contributed by atoms with Crippen LogP contribution < -0.4 is 5.32 Å². The van der Waals surface area contributed by atoms with Crippen molar-refractivity contribution < 1.29 is 9.47 Å². The predicted octanol–water partition coefficient (Wildman–Crippen LogP) is 2.38. The van der Waals surface area contributed by atoms with Crippen LogP contribution in [0.1, 0.15) is 41.5 Å². The van der Waals surface area contributed by atoms with Gasteiger partial charge in [0.2, 0.25) is 0 Å². The molecule has 122 valence electrons. The lowest BCUT2D eigenvalue weighted by Crippen LogP contribution is -2.49. The van der Waals surface area contributed by atoms with Gasteiger partial charge in [0.1, 0.15) is 0 Å². The van der Waals surface area contributed by atoms with Crippen molar-refractivity contribution in [2.24, 2.45) is 5.41 Å². The monoisotopic (exact) mass is 288 g/mol. The van der Waals surface area contributed by atoms with Crippen LogP contribution in [0.25, 0.3) is 0 Å². The Hall–Kier alpha value is -0.160. The van der Waals surface area contributed by atoms with Crippen LogP contribution >= 0.6 is 0 Å². The van der Waals surface area contributed by atoms with Crippen molar-refractivity contribution in [2.75, 3.05) is 47.1 Å². The Morgan fingerprint density at radius 1 is 1.05 bits per heavy atom. The Morgan fingerprint density at radius 3 is 2.10 bits per heavy atom. The first-order valence-electron chi connectivity index (χ1n) is 7.58. The maximum absolute atomic E-state index is 5.30. The summed E-state index contributed by atoms with van der Waals surface area (Å²) < 4.78 is 10.5. The Balaban J connectivity index is 4.51. The Labute approximate surface area is 126 Å². The molecule has 0 spiro atoms. The third-order valence-corrected chi connectivity index (χ3v) is 3.34. The molecule has 0 heterocycles. The van der Waals surface area contributed by atoms with E-state index in [1.165, 1.54) is 0 Å². The van der Waals surface area contributed by atoms with Gasteiger partial charge < -0.3 is 14.8 Å². The lowest BCUT2D eigenvalue weighted by molar-refractivity contribution is 0.0497. The highest BCUT2D eigenvalue weighted by Crippen LogP contribution is 2.19. The fraction of sp³-hybridized carbons (Fsp3) is 1.00. The third-order valence-electron chi connectivity index (χ3n) is 3.34. The highest BCUT2D eigenvalue weighted by atomic mass is 16.5. The van der Waals surface area contributed by atoms with Gasteiger partial charge in [0.05, 0.1) is 13.2 Å². The van der Waals surface area contributed by atoms with Crippen LogP contribution in [0.4, 0.5) is 0 Å². The fourth-order valence-electron chi connectivity index (χ4n) is 2.12. The van der Waals surface area contributed by atoms with Gasteiger partial charge in [-0.15, -0.1) is 0 Å². The summed E-state index contributed by atoms with van der Waals surface area (Å²) in [5.74, 6) is 0. The molecule has 0 aromatic rings. The van der Waals surface area contributed by atoms with E-state index < -0.39 is 0 Å². The van der Waals surface area contributed by atoms with Gasteiger partial charge in [0.25, 0.3) is 0 Å². The minimum atomic E-state index is 0.159. The zero-order chi connectivity index (χ0) is 15.8. The van der Waals surface area contributed by atoms with E-state index in [9.17, 15) is 0 Å². The summed E-state index contributed by atoms with van der Waals surface area (Å²) in [6.45, 7) is 18.0. The molecule has 0 amide bonds. The molecule has 20 heavy (non-hydrogen) atoms. The molecule has 0 radical (unpaired) electrons. The molecule has 1 unspecified atom stereocenters. The van der Waals surface area contributed by atoms with Crippen molar-refractivity contribution >= 4 is 0 Å². The first-order chi connectivity index (χ1) is 9.11.